The monoisotopic (exact) mass is 442 g/mol. The van der Waals surface area contributed by atoms with E-state index in [0.717, 1.165) is 4.52 Å². The second-order valence-electron chi connectivity index (χ2n) is 6.23. The average Bonchev–Trinajstić information content (AvgIpc) is 3.25. The highest BCUT2D eigenvalue weighted by molar-refractivity contribution is 7.16. The van der Waals surface area contributed by atoms with Crippen molar-refractivity contribution in [3.05, 3.63) is 46.1 Å². The van der Waals surface area contributed by atoms with Gasteiger partial charge in [-0.05, 0) is 18.2 Å². The largest absolute Gasteiger partial charge is 0.445 e. The number of imidazole rings is 1. The fourth-order valence-electron chi connectivity index (χ4n) is 2.92. The highest BCUT2D eigenvalue weighted by atomic mass is 35.5. The van der Waals surface area contributed by atoms with E-state index < -0.39 is 11.2 Å². The Bertz CT molecular complexity index is 1090. The standard InChI is InChI=1S/C18H14ClF3N4O2S/c19-12-3-1-2-11(10-12)15-13(4-5-14(27)25-6-8-28-9-7-25)26-17(23-15)29-16(24-26)18(20,21)22/h1-5,10H,6-9H2/b5-4+. The van der Waals surface area contributed by atoms with Gasteiger partial charge in [0, 0.05) is 29.8 Å². The number of aromatic nitrogens is 3. The van der Waals surface area contributed by atoms with E-state index in [9.17, 15) is 18.0 Å². The van der Waals surface area contributed by atoms with Gasteiger partial charge in [-0.3, -0.25) is 4.79 Å². The van der Waals surface area contributed by atoms with Crippen LogP contribution in [0.4, 0.5) is 13.2 Å². The number of carbonyl (C=O) groups is 1. The summed E-state index contributed by atoms with van der Waals surface area (Å²) in [5, 5.41) is 3.11. The topological polar surface area (TPSA) is 59.7 Å². The number of nitrogens with zero attached hydrogens (tertiary/aromatic N) is 4. The second-order valence-corrected chi connectivity index (χ2v) is 7.62. The molecular formula is C18H14ClF3N4O2S. The zero-order valence-electron chi connectivity index (χ0n) is 14.8. The molecule has 2 aromatic heterocycles. The molecule has 11 heteroatoms. The SMILES string of the molecule is O=C(/C=C/c1c(-c2cccc(Cl)c2)nc2sc(C(F)(F)F)nn12)N1CCOCC1. The van der Waals surface area contributed by atoms with Gasteiger partial charge in [-0.15, -0.1) is 5.10 Å². The van der Waals surface area contributed by atoms with Crippen LogP contribution in [-0.4, -0.2) is 51.7 Å². The number of rotatable bonds is 3. The van der Waals surface area contributed by atoms with Crippen LogP contribution in [0.25, 0.3) is 22.3 Å². The van der Waals surface area contributed by atoms with Gasteiger partial charge in [0.2, 0.25) is 15.9 Å². The summed E-state index contributed by atoms with van der Waals surface area (Å²) in [6, 6.07) is 6.79. The minimum atomic E-state index is -4.58. The Morgan fingerprint density at radius 1 is 1.28 bits per heavy atom. The molecule has 0 aliphatic carbocycles. The molecule has 0 saturated carbocycles. The maximum absolute atomic E-state index is 13.1. The van der Waals surface area contributed by atoms with Gasteiger partial charge >= 0.3 is 6.18 Å². The molecule has 152 valence electrons. The summed E-state index contributed by atoms with van der Waals surface area (Å²) in [7, 11) is 0. The van der Waals surface area contributed by atoms with E-state index in [1.165, 1.54) is 12.2 Å². The van der Waals surface area contributed by atoms with Crippen molar-refractivity contribution in [3.63, 3.8) is 0 Å². The fourth-order valence-corrected chi connectivity index (χ4v) is 3.88. The Balaban J connectivity index is 1.77. The summed E-state index contributed by atoms with van der Waals surface area (Å²) in [5.74, 6) is -0.258. The molecule has 29 heavy (non-hydrogen) atoms. The first-order valence-electron chi connectivity index (χ1n) is 8.60. The molecule has 3 aromatic rings. The molecule has 0 unspecified atom stereocenters. The lowest BCUT2D eigenvalue weighted by Crippen LogP contribution is -2.39. The van der Waals surface area contributed by atoms with Crippen molar-refractivity contribution in [1.82, 2.24) is 19.5 Å². The molecule has 1 aromatic carbocycles. The summed E-state index contributed by atoms with van der Waals surface area (Å²) in [5.41, 5.74) is 1.28. The maximum Gasteiger partial charge on any atom is 0.445 e. The van der Waals surface area contributed by atoms with Gasteiger partial charge in [0.15, 0.2) is 0 Å². The summed E-state index contributed by atoms with van der Waals surface area (Å²) in [4.78, 5) is 18.4. The molecular weight excluding hydrogens is 429 g/mol. The average molecular weight is 443 g/mol. The third kappa shape index (κ3) is 4.14. The number of alkyl halides is 3. The lowest BCUT2D eigenvalue weighted by Gasteiger charge is -2.25. The number of fused-ring (bicyclic) bond motifs is 1. The Kier molecular flexibility index (Phi) is 5.32. The van der Waals surface area contributed by atoms with Crippen molar-refractivity contribution in [2.75, 3.05) is 26.3 Å². The number of halogens is 4. The number of benzene rings is 1. The molecule has 1 aliphatic rings. The van der Waals surface area contributed by atoms with Crippen molar-refractivity contribution in [1.29, 1.82) is 0 Å². The number of amides is 1. The molecule has 1 aliphatic heterocycles. The van der Waals surface area contributed by atoms with Gasteiger partial charge in [0.25, 0.3) is 0 Å². The molecule has 1 amide bonds. The first-order chi connectivity index (χ1) is 13.8. The van der Waals surface area contributed by atoms with Crippen LogP contribution in [-0.2, 0) is 15.7 Å². The quantitative estimate of drug-likeness (QED) is 0.575. The van der Waals surface area contributed by atoms with E-state index in [4.69, 9.17) is 16.3 Å². The van der Waals surface area contributed by atoms with E-state index in [-0.39, 0.29) is 16.6 Å². The molecule has 0 atom stereocenters. The number of carbonyl (C=O) groups excluding carboxylic acids is 1. The fraction of sp³-hybridized carbons (Fsp3) is 0.278. The van der Waals surface area contributed by atoms with Gasteiger partial charge in [0.05, 0.1) is 24.6 Å². The summed E-state index contributed by atoms with van der Waals surface area (Å²) in [6.07, 6.45) is -1.82. The Labute approximate surface area is 172 Å². The Hall–Kier alpha value is -2.43. The number of morpholine rings is 1. The smallest absolute Gasteiger partial charge is 0.378 e. The van der Waals surface area contributed by atoms with Gasteiger partial charge in [-0.25, -0.2) is 9.50 Å². The normalized spacial score (nSPS) is 15.5. The van der Waals surface area contributed by atoms with Gasteiger partial charge in [-0.1, -0.05) is 35.1 Å². The van der Waals surface area contributed by atoms with Gasteiger partial charge in [-0.2, -0.15) is 13.2 Å². The van der Waals surface area contributed by atoms with Crippen molar-refractivity contribution in [2.45, 2.75) is 6.18 Å². The molecule has 1 fully saturated rings. The molecule has 4 rings (SSSR count). The van der Waals surface area contributed by atoms with Crippen LogP contribution in [0.15, 0.2) is 30.3 Å². The number of hydrogen-bond acceptors (Lipinski definition) is 5. The molecule has 3 heterocycles. The van der Waals surface area contributed by atoms with Gasteiger partial charge in [0.1, 0.15) is 0 Å². The van der Waals surface area contributed by atoms with E-state index in [0.29, 0.717) is 53.9 Å². The van der Waals surface area contributed by atoms with Crippen LogP contribution >= 0.6 is 22.9 Å². The first-order valence-corrected chi connectivity index (χ1v) is 9.80. The Morgan fingerprint density at radius 2 is 2.03 bits per heavy atom. The minimum absolute atomic E-state index is 0.0748. The second kappa shape index (κ2) is 7.77. The highest BCUT2D eigenvalue weighted by Crippen LogP contribution is 2.35. The minimum Gasteiger partial charge on any atom is -0.378 e. The molecule has 0 radical (unpaired) electrons. The number of hydrogen-bond donors (Lipinski definition) is 0. The highest BCUT2D eigenvalue weighted by Gasteiger charge is 2.36. The predicted octanol–water partition coefficient (Wildman–Crippen LogP) is 4.00. The number of ether oxygens (including phenoxy) is 1. The third-order valence-corrected chi connectivity index (χ3v) is 5.47. The zero-order chi connectivity index (χ0) is 20.6. The van der Waals surface area contributed by atoms with Crippen molar-refractivity contribution >= 4 is 39.9 Å². The van der Waals surface area contributed by atoms with E-state index >= 15 is 0 Å². The van der Waals surface area contributed by atoms with Crippen LogP contribution in [0.1, 0.15) is 10.7 Å². The van der Waals surface area contributed by atoms with Crippen LogP contribution < -0.4 is 0 Å². The third-order valence-electron chi connectivity index (χ3n) is 4.29. The molecule has 0 N–H and O–H groups in total. The predicted molar refractivity (Wildman–Crippen MR) is 103 cm³/mol. The lowest BCUT2D eigenvalue weighted by atomic mass is 10.1. The van der Waals surface area contributed by atoms with Crippen LogP contribution in [0.3, 0.4) is 0 Å². The summed E-state index contributed by atoms with van der Waals surface area (Å²) >= 11 is 6.48. The molecule has 0 bridgehead atoms. The van der Waals surface area contributed by atoms with E-state index in [1.54, 1.807) is 29.2 Å². The van der Waals surface area contributed by atoms with Gasteiger partial charge < -0.3 is 9.64 Å². The lowest BCUT2D eigenvalue weighted by molar-refractivity contribution is -0.138. The Morgan fingerprint density at radius 3 is 2.72 bits per heavy atom. The van der Waals surface area contributed by atoms with E-state index in [2.05, 4.69) is 10.1 Å². The first kappa shape index (κ1) is 19.9. The van der Waals surface area contributed by atoms with Crippen LogP contribution in [0.5, 0.6) is 0 Å². The van der Waals surface area contributed by atoms with Crippen LogP contribution in [0, 0.1) is 0 Å². The zero-order valence-corrected chi connectivity index (χ0v) is 16.4. The molecule has 6 nitrogen and oxygen atoms in total. The van der Waals surface area contributed by atoms with Crippen molar-refractivity contribution in [3.8, 4) is 11.3 Å². The van der Waals surface area contributed by atoms with E-state index in [1.807, 2.05) is 0 Å². The van der Waals surface area contributed by atoms with Crippen LogP contribution in [0.2, 0.25) is 5.02 Å². The van der Waals surface area contributed by atoms with Crippen molar-refractivity contribution in [2.24, 2.45) is 0 Å². The summed E-state index contributed by atoms with van der Waals surface area (Å²) in [6.45, 7) is 1.82. The van der Waals surface area contributed by atoms with Crippen molar-refractivity contribution < 1.29 is 22.7 Å². The summed E-state index contributed by atoms with van der Waals surface area (Å²) < 4.78 is 45.5. The molecule has 0 spiro atoms. The molecule has 1 saturated heterocycles. The maximum atomic E-state index is 13.1.